The molecule has 2 nitrogen and oxygen atoms in total. The number of hydrogen-bond donors (Lipinski definition) is 0. The lowest BCUT2D eigenvalue weighted by Crippen LogP contribution is -1.97. The first-order valence-electron chi connectivity index (χ1n) is 4.88. The van der Waals surface area contributed by atoms with Crippen molar-refractivity contribution in [3.63, 3.8) is 0 Å². The van der Waals surface area contributed by atoms with E-state index in [0.717, 1.165) is 24.2 Å². The molecule has 76 valence electrons. The van der Waals surface area contributed by atoms with Crippen molar-refractivity contribution in [2.24, 2.45) is 0 Å². The van der Waals surface area contributed by atoms with Crippen molar-refractivity contribution in [1.29, 1.82) is 0 Å². The molecule has 1 aromatic rings. The number of Topliss-reactive ketones (excluding diaryl/α,β-unsaturated/α-hetero) is 1. The van der Waals surface area contributed by atoms with Gasteiger partial charge in [0.05, 0.1) is 0 Å². The number of rotatable bonds is 5. The minimum Gasteiger partial charge on any atom is -0.722 e. The number of aliphatic hydroxyl groups is 1. The summed E-state index contributed by atoms with van der Waals surface area (Å²) in [5.74, 6) is 1.01. The molecule has 0 aliphatic carbocycles. The van der Waals surface area contributed by atoms with Gasteiger partial charge in [0.2, 0.25) is 5.75 Å². The molecular formula is C12H16O2. The van der Waals surface area contributed by atoms with Gasteiger partial charge in [0, 0.05) is 24.1 Å². The predicted molar refractivity (Wildman–Crippen MR) is 57.3 cm³/mol. The Balaban J connectivity index is 2.62. The van der Waals surface area contributed by atoms with Crippen LogP contribution in [0.25, 0.3) is 0 Å². The fourth-order valence-electron chi connectivity index (χ4n) is 1.23. The predicted octanol–water partition coefficient (Wildman–Crippen LogP) is 3.09. The number of carbonyl (C=O) groups excluding carboxylic acids is 1. The van der Waals surface area contributed by atoms with Crippen molar-refractivity contribution < 1.29 is 9.53 Å². The summed E-state index contributed by atoms with van der Waals surface area (Å²) in [6, 6.07) is 7.24. The Hall–Kier alpha value is -1.31. The third-order valence-corrected chi connectivity index (χ3v) is 2.13. The Labute approximate surface area is 84.9 Å². The zero-order chi connectivity index (χ0) is 10.4. The first-order valence-corrected chi connectivity index (χ1v) is 4.88. The van der Waals surface area contributed by atoms with E-state index in [1.165, 1.54) is 0 Å². The summed E-state index contributed by atoms with van der Waals surface area (Å²) in [5, 5.41) is 0. The number of aromatic hydroxyl groups is 1. The first kappa shape index (κ1) is 10.8. The highest BCUT2D eigenvalue weighted by atomic mass is 16.5. The zero-order valence-corrected chi connectivity index (χ0v) is 8.49. The SMILES string of the molecule is [CH2-][OH+]c1ccc(C(=O)CCCC)cc1. The smallest absolute Gasteiger partial charge is 0.225 e. The number of benzene rings is 1. The molecule has 2 heteroatoms. The maximum Gasteiger partial charge on any atom is 0.225 e. The van der Waals surface area contributed by atoms with E-state index in [0.29, 0.717) is 6.42 Å². The Morgan fingerprint density at radius 1 is 1.36 bits per heavy atom. The van der Waals surface area contributed by atoms with Gasteiger partial charge in [0.15, 0.2) is 5.78 Å². The van der Waals surface area contributed by atoms with Crippen LogP contribution in [0.5, 0.6) is 5.75 Å². The monoisotopic (exact) mass is 192 g/mol. The lowest BCUT2D eigenvalue weighted by atomic mass is 10.1. The molecule has 0 unspecified atom stereocenters. The number of hydrogen-bond acceptors (Lipinski definition) is 1. The van der Waals surface area contributed by atoms with Crippen molar-refractivity contribution in [3.8, 4) is 5.75 Å². The van der Waals surface area contributed by atoms with Crippen molar-refractivity contribution in [2.45, 2.75) is 26.2 Å². The summed E-state index contributed by atoms with van der Waals surface area (Å²) < 4.78 is 3.77. The summed E-state index contributed by atoms with van der Waals surface area (Å²) in [6.45, 7) is 2.08. The molecule has 0 aliphatic rings. The number of ketones is 1. The third-order valence-electron chi connectivity index (χ3n) is 2.13. The number of unbranched alkanes of at least 4 members (excludes halogenated alkanes) is 1. The van der Waals surface area contributed by atoms with Gasteiger partial charge in [-0.15, -0.1) is 0 Å². The molecule has 0 atom stereocenters. The maximum absolute atomic E-state index is 11.6. The van der Waals surface area contributed by atoms with Gasteiger partial charge in [-0.2, -0.15) is 0 Å². The van der Waals surface area contributed by atoms with Gasteiger partial charge in [-0.3, -0.25) is 4.79 Å². The fourth-order valence-corrected chi connectivity index (χ4v) is 1.23. The second kappa shape index (κ2) is 5.43. The van der Waals surface area contributed by atoms with Crippen molar-refractivity contribution in [2.75, 3.05) is 0 Å². The Morgan fingerprint density at radius 3 is 2.50 bits per heavy atom. The topological polar surface area (TPSA) is 29.9 Å². The van der Waals surface area contributed by atoms with Gasteiger partial charge >= 0.3 is 0 Å². The van der Waals surface area contributed by atoms with E-state index in [2.05, 4.69) is 18.8 Å². The van der Waals surface area contributed by atoms with Gasteiger partial charge in [-0.1, -0.05) is 13.3 Å². The molecular weight excluding hydrogens is 176 g/mol. The van der Waals surface area contributed by atoms with Gasteiger partial charge in [-0.25, -0.2) is 0 Å². The molecule has 0 aromatic heterocycles. The van der Waals surface area contributed by atoms with Crippen LogP contribution in [-0.2, 0) is 0 Å². The van der Waals surface area contributed by atoms with E-state index in [1.807, 2.05) is 24.3 Å². The molecule has 0 aliphatic heterocycles. The van der Waals surface area contributed by atoms with Crippen LogP contribution in [-0.4, -0.2) is 10.5 Å². The number of ether oxygens (including phenoxy) is 1. The van der Waals surface area contributed by atoms with Crippen LogP contribution in [0.3, 0.4) is 0 Å². The van der Waals surface area contributed by atoms with Gasteiger partial charge in [0.25, 0.3) is 0 Å². The normalized spacial score (nSPS) is 9.86. The zero-order valence-electron chi connectivity index (χ0n) is 8.49. The molecule has 1 N–H and O–H groups in total. The highest BCUT2D eigenvalue weighted by Gasteiger charge is 2.05. The molecule has 0 spiro atoms. The maximum atomic E-state index is 11.6. The molecule has 0 saturated heterocycles. The summed E-state index contributed by atoms with van der Waals surface area (Å²) in [6.07, 6.45) is 2.65. The van der Waals surface area contributed by atoms with Crippen LogP contribution in [0.2, 0.25) is 0 Å². The molecule has 1 aromatic carbocycles. The summed E-state index contributed by atoms with van der Waals surface area (Å²) in [7, 11) is 3.42. The highest BCUT2D eigenvalue weighted by Crippen LogP contribution is 2.14. The van der Waals surface area contributed by atoms with E-state index < -0.39 is 0 Å². The molecule has 0 saturated carbocycles. The first-order chi connectivity index (χ1) is 6.77. The molecule has 0 amide bonds. The van der Waals surface area contributed by atoms with Crippen LogP contribution >= 0.6 is 0 Å². The van der Waals surface area contributed by atoms with Crippen LogP contribution in [0.4, 0.5) is 0 Å². The molecule has 14 heavy (non-hydrogen) atoms. The van der Waals surface area contributed by atoms with Crippen molar-refractivity contribution in [3.05, 3.63) is 36.9 Å². The van der Waals surface area contributed by atoms with Crippen LogP contribution in [0, 0.1) is 7.11 Å². The molecule has 0 fully saturated rings. The summed E-state index contributed by atoms with van der Waals surface area (Å²) >= 11 is 0. The number of carbonyl (C=O) groups is 1. The second-order valence-electron chi connectivity index (χ2n) is 3.23. The second-order valence-corrected chi connectivity index (χ2v) is 3.23. The van der Waals surface area contributed by atoms with E-state index >= 15 is 0 Å². The molecule has 1 rings (SSSR count). The Bertz CT molecular complexity index is 288. The minimum atomic E-state index is 0.211. The van der Waals surface area contributed by atoms with E-state index in [4.69, 9.17) is 0 Å². The van der Waals surface area contributed by atoms with Crippen molar-refractivity contribution in [1.82, 2.24) is 0 Å². The minimum absolute atomic E-state index is 0.211. The third kappa shape index (κ3) is 2.87. The van der Waals surface area contributed by atoms with E-state index in [9.17, 15) is 4.79 Å². The van der Waals surface area contributed by atoms with Crippen LogP contribution in [0.1, 0.15) is 36.5 Å². The average molecular weight is 192 g/mol. The lowest BCUT2D eigenvalue weighted by molar-refractivity contribution is 0.0979. The van der Waals surface area contributed by atoms with Gasteiger partial charge in [-0.05, 0) is 25.7 Å². The Morgan fingerprint density at radius 2 is 2.00 bits per heavy atom. The van der Waals surface area contributed by atoms with Crippen molar-refractivity contribution >= 4 is 5.78 Å². The molecule has 0 bridgehead atoms. The quantitative estimate of drug-likeness (QED) is 0.400. The standard InChI is InChI=1S/C12H16O2/c1-3-4-5-12(13)10-6-8-11(14-2)9-7-10/h6-9,14H,2-5H2,1H3. The summed E-state index contributed by atoms with van der Waals surface area (Å²) in [4.78, 5) is 11.6. The summed E-state index contributed by atoms with van der Waals surface area (Å²) in [5.41, 5.74) is 0.769. The van der Waals surface area contributed by atoms with E-state index in [-0.39, 0.29) is 5.78 Å². The average Bonchev–Trinajstić information content (AvgIpc) is 2.26. The van der Waals surface area contributed by atoms with E-state index in [1.54, 1.807) is 0 Å². The Kier molecular flexibility index (Phi) is 4.17. The largest absolute Gasteiger partial charge is 0.722 e. The molecule has 0 heterocycles. The molecule has 0 radical (unpaired) electrons. The highest BCUT2D eigenvalue weighted by molar-refractivity contribution is 5.96. The van der Waals surface area contributed by atoms with Crippen LogP contribution in [0.15, 0.2) is 24.3 Å². The van der Waals surface area contributed by atoms with Crippen LogP contribution < -0.4 is 0 Å². The lowest BCUT2D eigenvalue weighted by Gasteiger charge is -2.03. The fraction of sp³-hybridized carbons (Fsp3) is 0.333. The van der Waals surface area contributed by atoms with Gasteiger partial charge in [0.1, 0.15) is 0 Å². The van der Waals surface area contributed by atoms with Gasteiger partial charge < -0.3 is 4.74 Å².